The summed E-state index contributed by atoms with van der Waals surface area (Å²) in [5.74, 6) is 3.30. The predicted molar refractivity (Wildman–Crippen MR) is 150 cm³/mol. The standard InChI is InChI=1S/C28H50O3S2/c1-27(2,3)18-16-14-12-10-11-13-15-17-19-32-26(33-28(4,5)6)22-20-23(29-7)25(31-9)24(21-22)30-8/h20-21,26H,10-19H2,1-9H3. The van der Waals surface area contributed by atoms with Crippen molar-refractivity contribution in [3.63, 3.8) is 0 Å². The summed E-state index contributed by atoms with van der Waals surface area (Å²) in [6, 6.07) is 4.22. The van der Waals surface area contributed by atoms with Gasteiger partial charge in [-0.1, -0.05) is 86.5 Å². The normalized spacial score (nSPS) is 13.1. The van der Waals surface area contributed by atoms with E-state index in [0.717, 1.165) is 11.5 Å². The topological polar surface area (TPSA) is 27.7 Å². The first-order valence-electron chi connectivity index (χ1n) is 12.6. The van der Waals surface area contributed by atoms with Crippen molar-refractivity contribution in [1.82, 2.24) is 0 Å². The molecule has 5 heteroatoms. The summed E-state index contributed by atoms with van der Waals surface area (Å²) < 4.78 is 17.2. The Hall–Kier alpha value is -0.680. The lowest BCUT2D eigenvalue weighted by molar-refractivity contribution is 0.324. The van der Waals surface area contributed by atoms with Gasteiger partial charge < -0.3 is 14.2 Å². The van der Waals surface area contributed by atoms with Crippen LogP contribution >= 0.6 is 23.5 Å². The molecule has 1 aromatic rings. The molecule has 0 saturated carbocycles. The third-order valence-electron chi connectivity index (χ3n) is 5.51. The smallest absolute Gasteiger partial charge is 0.203 e. The van der Waals surface area contributed by atoms with Crippen LogP contribution in [0.2, 0.25) is 0 Å². The summed E-state index contributed by atoms with van der Waals surface area (Å²) >= 11 is 4.04. The van der Waals surface area contributed by atoms with Gasteiger partial charge in [-0.05, 0) is 41.7 Å². The molecule has 0 heterocycles. The van der Waals surface area contributed by atoms with Crippen molar-refractivity contribution < 1.29 is 14.2 Å². The molecule has 33 heavy (non-hydrogen) atoms. The van der Waals surface area contributed by atoms with Gasteiger partial charge in [0, 0.05) is 4.75 Å². The van der Waals surface area contributed by atoms with Crippen LogP contribution in [-0.4, -0.2) is 31.8 Å². The second kappa shape index (κ2) is 15.3. The van der Waals surface area contributed by atoms with Crippen LogP contribution in [0.1, 0.15) is 109 Å². The maximum atomic E-state index is 5.60. The van der Waals surface area contributed by atoms with E-state index in [4.69, 9.17) is 14.2 Å². The zero-order valence-electron chi connectivity index (χ0n) is 22.8. The molecule has 0 N–H and O–H groups in total. The van der Waals surface area contributed by atoms with Crippen LogP contribution in [-0.2, 0) is 0 Å². The number of rotatable bonds is 16. The molecule has 1 atom stereocenters. The number of methoxy groups -OCH3 is 3. The number of ether oxygens (including phenoxy) is 3. The third kappa shape index (κ3) is 13.1. The van der Waals surface area contributed by atoms with Gasteiger partial charge in [0.1, 0.15) is 0 Å². The fourth-order valence-corrected chi connectivity index (χ4v) is 7.02. The highest BCUT2D eigenvalue weighted by molar-refractivity contribution is 8.16. The molecule has 3 nitrogen and oxygen atoms in total. The molecule has 1 unspecified atom stereocenters. The maximum absolute atomic E-state index is 5.60. The molecule has 0 aliphatic heterocycles. The summed E-state index contributed by atoms with van der Waals surface area (Å²) in [4.78, 5) is 0. The largest absolute Gasteiger partial charge is 0.493 e. The zero-order valence-corrected chi connectivity index (χ0v) is 24.5. The Kier molecular flexibility index (Phi) is 14.1. The van der Waals surface area contributed by atoms with Gasteiger partial charge in [-0.15, -0.1) is 23.5 Å². The number of thioether (sulfide) groups is 2. The number of hydrogen-bond acceptors (Lipinski definition) is 5. The highest BCUT2D eigenvalue weighted by atomic mass is 32.2. The van der Waals surface area contributed by atoms with E-state index in [9.17, 15) is 0 Å². The van der Waals surface area contributed by atoms with Crippen LogP contribution in [0.5, 0.6) is 17.2 Å². The second-order valence-corrected chi connectivity index (χ2v) is 14.5. The molecule has 0 saturated heterocycles. The van der Waals surface area contributed by atoms with Crippen molar-refractivity contribution in [1.29, 1.82) is 0 Å². The average molecular weight is 499 g/mol. The lowest BCUT2D eigenvalue weighted by Gasteiger charge is -2.27. The summed E-state index contributed by atoms with van der Waals surface area (Å²) in [5, 5.41) is 0. The van der Waals surface area contributed by atoms with Gasteiger partial charge in [0.2, 0.25) is 5.75 Å². The fraction of sp³-hybridized carbons (Fsp3) is 0.786. The van der Waals surface area contributed by atoms with Gasteiger partial charge in [-0.2, -0.15) is 0 Å². The minimum atomic E-state index is 0.172. The molecule has 0 fully saturated rings. The van der Waals surface area contributed by atoms with Crippen molar-refractivity contribution >= 4 is 23.5 Å². The average Bonchev–Trinajstić information content (AvgIpc) is 2.73. The van der Waals surface area contributed by atoms with E-state index in [1.165, 1.54) is 69.1 Å². The van der Waals surface area contributed by atoms with Crippen LogP contribution in [0.15, 0.2) is 12.1 Å². The Morgan fingerprint density at radius 1 is 0.697 bits per heavy atom. The minimum Gasteiger partial charge on any atom is -0.493 e. The highest BCUT2D eigenvalue weighted by Gasteiger charge is 2.24. The van der Waals surface area contributed by atoms with E-state index in [1.807, 2.05) is 23.5 Å². The van der Waals surface area contributed by atoms with Gasteiger partial charge >= 0.3 is 0 Å². The monoisotopic (exact) mass is 498 g/mol. The second-order valence-electron chi connectivity index (χ2n) is 11.0. The molecule has 192 valence electrons. The van der Waals surface area contributed by atoms with Gasteiger partial charge in [-0.25, -0.2) is 0 Å². The Morgan fingerprint density at radius 3 is 1.61 bits per heavy atom. The number of unbranched alkanes of at least 4 members (excludes halogenated alkanes) is 7. The van der Waals surface area contributed by atoms with Crippen molar-refractivity contribution in [2.24, 2.45) is 5.41 Å². The SMILES string of the molecule is COc1cc(C(SCCCCCCCCCCC(C)(C)C)SC(C)(C)C)cc(OC)c1OC. The molecule has 0 spiro atoms. The van der Waals surface area contributed by atoms with Crippen LogP contribution < -0.4 is 14.2 Å². The van der Waals surface area contributed by atoms with E-state index in [1.54, 1.807) is 21.3 Å². The summed E-state index contributed by atoms with van der Waals surface area (Å²) in [6.07, 6.45) is 12.3. The Labute approximate surface area is 213 Å². The highest BCUT2D eigenvalue weighted by Crippen LogP contribution is 2.50. The van der Waals surface area contributed by atoms with Crippen molar-refractivity contribution in [3.05, 3.63) is 17.7 Å². The first-order chi connectivity index (χ1) is 15.5. The van der Waals surface area contributed by atoms with E-state index in [-0.39, 0.29) is 4.75 Å². The molecule has 1 aromatic carbocycles. The third-order valence-corrected chi connectivity index (χ3v) is 8.50. The first-order valence-corrected chi connectivity index (χ1v) is 14.5. The molecule has 0 bridgehead atoms. The van der Waals surface area contributed by atoms with Gasteiger partial charge in [0.15, 0.2) is 11.5 Å². The lowest BCUT2D eigenvalue weighted by Crippen LogP contribution is -2.10. The molecule has 0 amide bonds. The van der Waals surface area contributed by atoms with Crippen molar-refractivity contribution in [3.8, 4) is 17.2 Å². The van der Waals surface area contributed by atoms with Gasteiger partial charge in [-0.3, -0.25) is 0 Å². The Balaban J connectivity index is 2.50. The Morgan fingerprint density at radius 2 is 1.18 bits per heavy atom. The van der Waals surface area contributed by atoms with Gasteiger partial charge in [0.25, 0.3) is 0 Å². The molecule has 0 aromatic heterocycles. The van der Waals surface area contributed by atoms with Crippen LogP contribution in [0.3, 0.4) is 0 Å². The quantitative estimate of drug-likeness (QED) is 0.167. The molecule has 1 rings (SSSR count). The summed E-state index contributed by atoms with van der Waals surface area (Å²) in [7, 11) is 5.03. The first kappa shape index (κ1) is 30.4. The Bertz CT molecular complexity index is 637. The van der Waals surface area contributed by atoms with E-state index < -0.39 is 0 Å². The molecular weight excluding hydrogens is 448 g/mol. The van der Waals surface area contributed by atoms with Crippen LogP contribution in [0, 0.1) is 5.41 Å². The lowest BCUT2D eigenvalue weighted by atomic mass is 9.89. The molecule has 0 radical (unpaired) electrons. The molecular formula is C28H50O3S2. The van der Waals surface area contributed by atoms with Crippen LogP contribution in [0.25, 0.3) is 0 Å². The zero-order chi connectivity index (χ0) is 24.9. The van der Waals surface area contributed by atoms with E-state index >= 15 is 0 Å². The summed E-state index contributed by atoms with van der Waals surface area (Å²) in [5.41, 5.74) is 1.72. The van der Waals surface area contributed by atoms with Gasteiger partial charge in [0.05, 0.1) is 25.9 Å². The predicted octanol–water partition coefficient (Wildman–Crippen LogP) is 9.53. The molecule has 0 aliphatic carbocycles. The van der Waals surface area contributed by atoms with E-state index in [2.05, 4.69) is 53.7 Å². The minimum absolute atomic E-state index is 0.172. The number of benzene rings is 1. The fourth-order valence-electron chi connectivity index (χ4n) is 3.77. The van der Waals surface area contributed by atoms with E-state index in [0.29, 0.717) is 15.7 Å². The van der Waals surface area contributed by atoms with Crippen molar-refractivity contribution in [2.75, 3.05) is 27.1 Å². The number of hydrogen-bond donors (Lipinski definition) is 0. The van der Waals surface area contributed by atoms with Crippen LogP contribution in [0.4, 0.5) is 0 Å². The maximum Gasteiger partial charge on any atom is 0.203 e. The van der Waals surface area contributed by atoms with Crippen molar-refractivity contribution in [2.45, 2.75) is 109 Å². The summed E-state index contributed by atoms with van der Waals surface area (Å²) in [6.45, 7) is 13.9. The molecule has 0 aliphatic rings.